The van der Waals surface area contributed by atoms with E-state index in [0.717, 1.165) is 45.4 Å². The molecule has 0 atom stereocenters. The first-order valence-electron chi connectivity index (χ1n) is 26.9. The predicted octanol–water partition coefficient (Wildman–Crippen LogP) is 20.1. The molecule has 11 aromatic rings. The number of nitrogens with zero attached hydrogens (tertiary/aromatic N) is 4. The number of thiophene rings is 1. The highest BCUT2D eigenvalue weighted by molar-refractivity contribution is 7.26. The summed E-state index contributed by atoms with van der Waals surface area (Å²) in [5.41, 5.74) is 16.7. The monoisotopic (exact) mass is 1010 g/mol. The molecule has 0 saturated carbocycles. The topological polar surface area (TPSA) is 33.5 Å². The maximum Gasteiger partial charge on any atom is 0.137 e. The van der Waals surface area contributed by atoms with Crippen molar-refractivity contribution < 1.29 is 4.74 Å². The van der Waals surface area contributed by atoms with Crippen molar-refractivity contribution in [3.63, 3.8) is 0 Å². The maximum atomic E-state index is 6.98. The van der Waals surface area contributed by atoms with E-state index >= 15 is 0 Å². The van der Waals surface area contributed by atoms with Crippen molar-refractivity contribution in [3.05, 3.63) is 204 Å². The number of fused-ring (bicyclic) bond motifs is 8. The van der Waals surface area contributed by atoms with Crippen LogP contribution in [0.5, 0.6) is 11.5 Å². The number of ether oxygens (including phenoxy) is 1. The van der Waals surface area contributed by atoms with Crippen LogP contribution < -0.4 is 14.5 Å². The van der Waals surface area contributed by atoms with Crippen molar-refractivity contribution in [1.82, 2.24) is 9.55 Å². The van der Waals surface area contributed by atoms with Gasteiger partial charge in [0.05, 0.1) is 28.1 Å². The van der Waals surface area contributed by atoms with Gasteiger partial charge in [-0.1, -0.05) is 174 Å². The molecule has 380 valence electrons. The van der Waals surface area contributed by atoms with Gasteiger partial charge in [0.25, 0.3) is 0 Å². The Bertz CT molecular complexity index is 3960. The Morgan fingerprint density at radius 3 is 1.66 bits per heavy atom. The van der Waals surface area contributed by atoms with Crippen LogP contribution >= 0.6 is 11.3 Å². The molecular weight excluding hydrogens is 945 g/mol. The number of anilines is 4. The highest BCUT2D eigenvalue weighted by Gasteiger charge is 2.33. The van der Waals surface area contributed by atoms with Gasteiger partial charge in [-0.2, -0.15) is 0 Å². The van der Waals surface area contributed by atoms with Crippen molar-refractivity contribution in [3.8, 4) is 39.6 Å². The largest absolute Gasteiger partial charge is 0.457 e. The Morgan fingerprint density at radius 1 is 0.447 bits per heavy atom. The van der Waals surface area contributed by atoms with E-state index < -0.39 is 0 Å². The smallest absolute Gasteiger partial charge is 0.137 e. The van der Waals surface area contributed by atoms with Crippen LogP contribution in [0.25, 0.3) is 70.0 Å². The fourth-order valence-electron chi connectivity index (χ4n) is 11.2. The zero-order valence-electron chi connectivity index (χ0n) is 46.1. The standard InChI is InChI=1S/C70H68N4OS/c1-67(2,3)46-28-24-44(25-29-46)56-38-49(70(10,11)12)39-57(45-26-30-47(31-27-45)68(4,5)6)65(56)73-43-72(58-21-14-15-22-59(58)73)50-18-17-19-51(41-50)75-52-32-33-55-61(42-52)74(63-40-48(36-37-71-63)69(7,8)9)60-35-34-54-53-20-13-16-23-62(53)76-66(54)64(55)60/h13-42H,43H2,1-12H3. The van der Waals surface area contributed by atoms with Crippen LogP contribution in [0.1, 0.15) is 105 Å². The maximum absolute atomic E-state index is 6.98. The van der Waals surface area contributed by atoms with Gasteiger partial charge in [-0.05, 0) is 128 Å². The van der Waals surface area contributed by atoms with Crippen molar-refractivity contribution in [2.45, 2.75) is 105 Å². The molecule has 12 rings (SSSR count). The highest BCUT2D eigenvalue weighted by Crippen LogP contribution is 2.52. The number of rotatable bonds is 7. The Morgan fingerprint density at radius 2 is 1.03 bits per heavy atom. The number of benzene rings is 8. The van der Waals surface area contributed by atoms with Crippen LogP contribution in [0.15, 0.2) is 182 Å². The number of hydrogen-bond donors (Lipinski definition) is 0. The first kappa shape index (κ1) is 49.2. The molecular formula is C70H68N4OS. The van der Waals surface area contributed by atoms with Gasteiger partial charge in [-0.25, -0.2) is 4.98 Å². The van der Waals surface area contributed by atoms with E-state index in [1.807, 2.05) is 17.5 Å². The van der Waals surface area contributed by atoms with E-state index in [1.54, 1.807) is 0 Å². The lowest BCUT2D eigenvalue weighted by atomic mass is 9.81. The van der Waals surface area contributed by atoms with E-state index in [9.17, 15) is 0 Å². The predicted molar refractivity (Wildman–Crippen MR) is 326 cm³/mol. The third-order valence-electron chi connectivity index (χ3n) is 15.6. The first-order valence-corrected chi connectivity index (χ1v) is 27.7. The third kappa shape index (κ3) is 8.71. The Labute approximate surface area is 453 Å². The summed E-state index contributed by atoms with van der Waals surface area (Å²) in [6.45, 7) is 28.1. The number of para-hydroxylation sites is 2. The Balaban J connectivity index is 0.969. The molecule has 0 fully saturated rings. The van der Waals surface area contributed by atoms with Crippen molar-refractivity contribution >= 4 is 76.1 Å². The highest BCUT2D eigenvalue weighted by atomic mass is 32.1. The molecule has 0 saturated heterocycles. The van der Waals surface area contributed by atoms with Gasteiger partial charge >= 0.3 is 0 Å². The lowest BCUT2D eigenvalue weighted by Crippen LogP contribution is -2.25. The van der Waals surface area contributed by atoms with E-state index in [0.29, 0.717) is 6.67 Å². The third-order valence-corrected chi connectivity index (χ3v) is 16.8. The second-order valence-corrected chi connectivity index (χ2v) is 26.1. The second kappa shape index (κ2) is 18.0. The van der Waals surface area contributed by atoms with Gasteiger partial charge in [-0.3, -0.25) is 4.57 Å². The second-order valence-electron chi connectivity index (χ2n) is 25.0. The molecule has 0 bridgehead atoms. The van der Waals surface area contributed by atoms with Crippen LogP contribution in [-0.2, 0) is 21.7 Å². The number of hydrogen-bond acceptors (Lipinski definition) is 5. The molecule has 0 spiro atoms. The zero-order chi connectivity index (χ0) is 53.1. The molecule has 0 unspecified atom stereocenters. The summed E-state index contributed by atoms with van der Waals surface area (Å²) in [7, 11) is 0. The lowest BCUT2D eigenvalue weighted by Gasteiger charge is -2.30. The van der Waals surface area contributed by atoms with Crippen molar-refractivity contribution in [2.24, 2.45) is 0 Å². The Kier molecular flexibility index (Phi) is 11.6. The van der Waals surface area contributed by atoms with Crippen LogP contribution in [-0.4, -0.2) is 16.2 Å². The van der Waals surface area contributed by atoms with Gasteiger partial charge in [-0.15, -0.1) is 11.3 Å². The molecule has 1 aliphatic heterocycles. The van der Waals surface area contributed by atoms with Crippen LogP contribution in [0.2, 0.25) is 0 Å². The van der Waals surface area contributed by atoms with Crippen LogP contribution in [0, 0.1) is 0 Å². The van der Waals surface area contributed by atoms with E-state index in [-0.39, 0.29) is 21.7 Å². The molecule has 8 aromatic carbocycles. The summed E-state index contributed by atoms with van der Waals surface area (Å²) in [6.07, 6.45) is 1.95. The molecule has 0 aliphatic carbocycles. The summed E-state index contributed by atoms with van der Waals surface area (Å²) in [5.74, 6) is 2.43. The van der Waals surface area contributed by atoms with Gasteiger partial charge in [0.2, 0.25) is 0 Å². The average molecular weight is 1010 g/mol. The number of aromatic nitrogens is 2. The molecule has 6 heteroatoms. The number of pyridine rings is 1. The van der Waals surface area contributed by atoms with Crippen LogP contribution in [0.4, 0.5) is 22.7 Å². The molecule has 0 N–H and O–H groups in total. The van der Waals surface area contributed by atoms with Gasteiger partial charge in [0.1, 0.15) is 24.0 Å². The molecule has 4 heterocycles. The minimum Gasteiger partial charge on any atom is -0.457 e. The average Bonchev–Trinajstić information content (AvgIpc) is 4.10. The van der Waals surface area contributed by atoms with E-state index in [2.05, 4.69) is 273 Å². The first-order chi connectivity index (χ1) is 36.2. The summed E-state index contributed by atoms with van der Waals surface area (Å²) >= 11 is 1.87. The zero-order valence-corrected chi connectivity index (χ0v) is 46.9. The SMILES string of the molecule is CC(C)(C)c1ccc(-c2cc(C(C)(C)C)cc(-c3ccc(C(C)(C)C)cc3)c2N2CN(c3cccc(Oc4ccc5c6c7sc8ccccc8c7ccc6n(-c6cc(C(C)(C)C)ccn6)c5c4)c3)c3ccccc32)cc1. The van der Waals surface area contributed by atoms with Crippen molar-refractivity contribution in [1.29, 1.82) is 0 Å². The summed E-state index contributed by atoms with van der Waals surface area (Å²) in [4.78, 5) is 10.0. The van der Waals surface area contributed by atoms with E-state index in [4.69, 9.17) is 9.72 Å². The molecule has 76 heavy (non-hydrogen) atoms. The molecule has 3 aromatic heterocycles. The summed E-state index contributed by atoms with van der Waals surface area (Å²) in [5, 5.41) is 4.99. The minimum atomic E-state index is -0.0882. The Hall–Kier alpha value is -7.67. The van der Waals surface area contributed by atoms with Gasteiger partial charge in [0.15, 0.2) is 0 Å². The molecule has 0 radical (unpaired) electrons. The minimum absolute atomic E-state index is 0.0388. The fourth-order valence-corrected chi connectivity index (χ4v) is 12.4. The normalized spacial score (nSPS) is 13.4. The molecule has 5 nitrogen and oxygen atoms in total. The van der Waals surface area contributed by atoms with Gasteiger partial charge in [0, 0.05) is 66.1 Å². The molecule has 0 amide bonds. The van der Waals surface area contributed by atoms with Gasteiger partial charge < -0.3 is 14.5 Å². The molecule has 1 aliphatic rings. The summed E-state index contributed by atoms with van der Waals surface area (Å²) < 4.78 is 11.9. The van der Waals surface area contributed by atoms with E-state index in [1.165, 1.54) is 81.1 Å². The fraction of sp³-hybridized carbons (Fsp3) is 0.243. The quantitative estimate of drug-likeness (QED) is 0.159. The van der Waals surface area contributed by atoms with Crippen LogP contribution in [0.3, 0.4) is 0 Å². The summed E-state index contributed by atoms with van der Waals surface area (Å²) in [6, 6.07) is 65.2. The van der Waals surface area contributed by atoms with Crippen molar-refractivity contribution in [2.75, 3.05) is 16.5 Å². The lowest BCUT2D eigenvalue weighted by molar-refractivity contribution is 0.483.